The summed E-state index contributed by atoms with van der Waals surface area (Å²) in [5.41, 5.74) is 5.97. The van der Waals surface area contributed by atoms with Crippen LogP contribution in [0.1, 0.15) is 11.1 Å². The van der Waals surface area contributed by atoms with E-state index < -0.39 is 0 Å². The third kappa shape index (κ3) is 2.89. The Labute approximate surface area is 155 Å². The largest absolute Gasteiger partial charge is 0.335 e. The van der Waals surface area contributed by atoms with E-state index in [-0.39, 0.29) is 0 Å². The molecule has 0 radical (unpaired) electrons. The Kier molecular flexibility index (Phi) is 3.57. The summed E-state index contributed by atoms with van der Waals surface area (Å²) in [4.78, 5) is 12.2. The van der Waals surface area contributed by atoms with Gasteiger partial charge in [0.2, 0.25) is 0 Å². The Morgan fingerprint density at radius 1 is 1.00 bits per heavy atom. The molecular formula is C20H17N7. The number of nitrogens with zero attached hydrogens (tertiary/aromatic N) is 6. The van der Waals surface area contributed by atoms with Gasteiger partial charge in [-0.15, -0.1) is 0 Å². The number of nitrogens with one attached hydrogen (secondary N) is 1. The van der Waals surface area contributed by atoms with Crippen molar-refractivity contribution in [3.63, 3.8) is 0 Å². The van der Waals surface area contributed by atoms with Gasteiger partial charge in [-0.05, 0) is 30.7 Å². The highest BCUT2D eigenvalue weighted by Crippen LogP contribution is 2.21. The van der Waals surface area contributed by atoms with E-state index in [0.717, 1.165) is 33.8 Å². The number of H-pyrrole nitrogens is 1. The lowest BCUT2D eigenvalue weighted by Crippen LogP contribution is -2.02. The maximum atomic E-state index is 4.73. The average Bonchev–Trinajstić information content (AvgIpc) is 3.40. The van der Waals surface area contributed by atoms with E-state index in [0.29, 0.717) is 6.54 Å². The molecule has 132 valence electrons. The first-order chi connectivity index (χ1) is 13.3. The lowest BCUT2D eigenvalue weighted by atomic mass is 10.2. The molecule has 0 atom stereocenters. The van der Waals surface area contributed by atoms with E-state index >= 15 is 0 Å². The van der Waals surface area contributed by atoms with E-state index in [4.69, 9.17) is 4.98 Å². The number of pyridine rings is 1. The molecule has 0 bridgehead atoms. The second-order valence-electron chi connectivity index (χ2n) is 6.50. The van der Waals surface area contributed by atoms with E-state index in [9.17, 15) is 0 Å². The van der Waals surface area contributed by atoms with Crippen molar-refractivity contribution >= 4 is 11.2 Å². The first-order valence-electron chi connectivity index (χ1n) is 8.69. The van der Waals surface area contributed by atoms with Crippen molar-refractivity contribution in [3.8, 4) is 17.1 Å². The monoisotopic (exact) mass is 355 g/mol. The van der Waals surface area contributed by atoms with Gasteiger partial charge in [-0.3, -0.25) is 4.98 Å². The number of rotatable bonds is 4. The summed E-state index contributed by atoms with van der Waals surface area (Å²) >= 11 is 0. The minimum atomic E-state index is 0.629. The summed E-state index contributed by atoms with van der Waals surface area (Å²) in [5.74, 6) is 0.778. The molecule has 0 aliphatic heterocycles. The molecule has 0 fully saturated rings. The zero-order chi connectivity index (χ0) is 18.2. The molecule has 7 heteroatoms. The standard InChI is InChI=1S/C20H17N7/c1-14-4-6-17(7-5-14)26-13-16(10-22-26)19-24-18-11-23-27(20(18)25-19)12-15-3-2-8-21-9-15/h2-11,13H,12H2,1H3,(H,24,25). The highest BCUT2D eigenvalue weighted by atomic mass is 15.3. The molecule has 0 aliphatic rings. The molecule has 0 unspecified atom stereocenters. The van der Waals surface area contributed by atoms with Gasteiger partial charge < -0.3 is 4.98 Å². The van der Waals surface area contributed by atoms with Gasteiger partial charge in [-0.2, -0.15) is 10.2 Å². The fraction of sp³-hybridized carbons (Fsp3) is 0.100. The number of hydrogen-bond donors (Lipinski definition) is 1. The zero-order valence-corrected chi connectivity index (χ0v) is 14.7. The maximum Gasteiger partial charge on any atom is 0.177 e. The van der Waals surface area contributed by atoms with Crippen LogP contribution >= 0.6 is 0 Å². The predicted molar refractivity (Wildman–Crippen MR) is 103 cm³/mol. The molecule has 0 spiro atoms. The third-order valence-corrected chi connectivity index (χ3v) is 4.49. The molecular weight excluding hydrogens is 338 g/mol. The number of aromatic amines is 1. The van der Waals surface area contributed by atoms with Crippen LogP contribution in [0.3, 0.4) is 0 Å². The Morgan fingerprint density at radius 2 is 1.89 bits per heavy atom. The fourth-order valence-corrected chi connectivity index (χ4v) is 3.05. The summed E-state index contributed by atoms with van der Waals surface area (Å²) in [5, 5.41) is 8.88. The molecule has 0 saturated carbocycles. The number of imidazole rings is 1. The summed E-state index contributed by atoms with van der Waals surface area (Å²) in [7, 11) is 0. The van der Waals surface area contributed by atoms with Gasteiger partial charge in [0.25, 0.3) is 0 Å². The van der Waals surface area contributed by atoms with Crippen molar-refractivity contribution in [2.75, 3.05) is 0 Å². The fourth-order valence-electron chi connectivity index (χ4n) is 3.05. The molecule has 5 rings (SSSR count). The van der Waals surface area contributed by atoms with Crippen LogP contribution in [0.2, 0.25) is 0 Å². The Bertz CT molecular complexity index is 1200. The lowest BCUT2D eigenvalue weighted by molar-refractivity contribution is 0.702. The summed E-state index contributed by atoms with van der Waals surface area (Å²) < 4.78 is 3.72. The molecule has 4 aromatic heterocycles. The number of aryl methyl sites for hydroxylation is 1. The van der Waals surface area contributed by atoms with Gasteiger partial charge in [0.15, 0.2) is 5.65 Å². The van der Waals surface area contributed by atoms with E-state index in [1.54, 1.807) is 12.4 Å². The number of aromatic nitrogens is 7. The molecule has 27 heavy (non-hydrogen) atoms. The highest BCUT2D eigenvalue weighted by molar-refractivity contribution is 5.75. The SMILES string of the molecule is Cc1ccc(-n2cc(-c3nc4c(cnn4Cc4cccnc4)[nH]3)cn2)cc1. The Hall–Kier alpha value is -3.74. The Morgan fingerprint density at radius 3 is 2.70 bits per heavy atom. The van der Waals surface area contributed by atoms with Gasteiger partial charge in [0.05, 0.1) is 30.2 Å². The van der Waals surface area contributed by atoms with Gasteiger partial charge >= 0.3 is 0 Å². The first kappa shape index (κ1) is 15.5. The molecule has 0 aliphatic carbocycles. The topological polar surface area (TPSA) is 77.2 Å². The molecule has 4 heterocycles. The molecule has 0 amide bonds. The first-order valence-corrected chi connectivity index (χ1v) is 8.69. The third-order valence-electron chi connectivity index (χ3n) is 4.49. The smallest absolute Gasteiger partial charge is 0.177 e. The molecule has 1 N–H and O–H groups in total. The van der Waals surface area contributed by atoms with Crippen LogP contribution in [0.5, 0.6) is 0 Å². The van der Waals surface area contributed by atoms with Crippen LogP contribution < -0.4 is 0 Å². The van der Waals surface area contributed by atoms with Crippen LogP contribution in [0.25, 0.3) is 28.2 Å². The van der Waals surface area contributed by atoms with Crippen LogP contribution in [0.4, 0.5) is 0 Å². The molecule has 1 aromatic carbocycles. The molecule has 7 nitrogen and oxygen atoms in total. The van der Waals surface area contributed by atoms with Crippen molar-refractivity contribution in [3.05, 3.63) is 78.5 Å². The minimum Gasteiger partial charge on any atom is -0.335 e. The van der Waals surface area contributed by atoms with Crippen molar-refractivity contribution in [2.24, 2.45) is 0 Å². The van der Waals surface area contributed by atoms with Gasteiger partial charge in [0.1, 0.15) is 11.3 Å². The normalized spacial score (nSPS) is 11.3. The average molecular weight is 355 g/mol. The molecule has 5 aromatic rings. The van der Waals surface area contributed by atoms with Crippen molar-refractivity contribution < 1.29 is 0 Å². The van der Waals surface area contributed by atoms with E-state index in [1.807, 2.05) is 40.1 Å². The number of benzene rings is 1. The van der Waals surface area contributed by atoms with Gasteiger partial charge in [-0.1, -0.05) is 23.8 Å². The van der Waals surface area contributed by atoms with Crippen LogP contribution in [-0.4, -0.2) is 34.5 Å². The van der Waals surface area contributed by atoms with Crippen LogP contribution in [-0.2, 0) is 6.54 Å². The summed E-state index contributed by atoms with van der Waals surface area (Å²) in [6, 6.07) is 12.2. The van der Waals surface area contributed by atoms with E-state index in [2.05, 4.69) is 51.4 Å². The van der Waals surface area contributed by atoms with Crippen LogP contribution in [0.15, 0.2) is 67.4 Å². The summed E-state index contributed by atoms with van der Waals surface area (Å²) in [6.07, 6.45) is 9.19. The van der Waals surface area contributed by atoms with Crippen molar-refractivity contribution in [1.29, 1.82) is 0 Å². The second-order valence-corrected chi connectivity index (χ2v) is 6.50. The molecule has 0 saturated heterocycles. The summed E-state index contributed by atoms with van der Waals surface area (Å²) in [6.45, 7) is 2.70. The predicted octanol–water partition coefficient (Wildman–Crippen LogP) is 3.36. The quantitative estimate of drug-likeness (QED) is 0.536. The minimum absolute atomic E-state index is 0.629. The second kappa shape index (κ2) is 6.21. The number of fused-ring (bicyclic) bond motifs is 1. The van der Waals surface area contributed by atoms with Crippen LogP contribution in [0, 0.1) is 6.92 Å². The van der Waals surface area contributed by atoms with E-state index in [1.165, 1.54) is 5.56 Å². The van der Waals surface area contributed by atoms with Gasteiger partial charge in [0, 0.05) is 18.6 Å². The van der Waals surface area contributed by atoms with Crippen molar-refractivity contribution in [1.82, 2.24) is 34.5 Å². The highest BCUT2D eigenvalue weighted by Gasteiger charge is 2.13. The number of hydrogen-bond acceptors (Lipinski definition) is 4. The zero-order valence-electron chi connectivity index (χ0n) is 14.7. The Balaban J connectivity index is 1.47. The van der Waals surface area contributed by atoms with Crippen molar-refractivity contribution in [2.45, 2.75) is 13.5 Å². The van der Waals surface area contributed by atoms with Gasteiger partial charge in [-0.25, -0.2) is 14.3 Å². The lowest BCUT2D eigenvalue weighted by Gasteiger charge is -2.01. The maximum absolute atomic E-state index is 4.73.